The second-order valence-corrected chi connectivity index (χ2v) is 6.38. The van der Waals surface area contributed by atoms with E-state index in [0.29, 0.717) is 17.7 Å². The maximum absolute atomic E-state index is 11.9. The van der Waals surface area contributed by atoms with Crippen LogP contribution in [-0.4, -0.2) is 23.3 Å². The van der Waals surface area contributed by atoms with Crippen LogP contribution in [0.2, 0.25) is 0 Å². The van der Waals surface area contributed by atoms with E-state index < -0.39 is 0 Å². The molecular weight excluding hydrogens is 274 g/mol. The zero-order chi connectivity index (χ0) is 16.7. The molecule has 0 spiro atoms. The van der Waals surface area contributed by atoms with Gasteiger partial charge < -0.3 is 0 Å². The summed E-state index contributed by atoms with van der Waals surface area (Å²) < 4.78 is 0. The van der Waals surface area contributed by atoms with Crippen molar-refractivity contribution >= 4 is 11.8 Å². The number of allylic oxidation sites excluding steroid dienone is 4. The molecular formula is C19H29NO2. The lowest BCUT2D eigenvalue weighted by Crippen LogP contribution is -2.32. The van der Waals surface area contributed by atoms with Crippen LogP contribution >= 0.6 is 0 Å². The van der Waals surface area contributed by atoms with Gasteiger partial charge in [0.15, 0.2) is 0 Å². The predicted octanol–water partition coefficient (Wildman–Crippen LogP) is 4.55. The molecule has 0 atom stereocenters. The third kappa shape index (κ3) is 5.28. The summed E-state index contributed by atoms with van der Waals surface area (Å²) in [6.45, 7) is 10.4. The normalized spacial score (nSPS) is 15.9. The Hall–Kier alpha value is -1.64. The number of rotatable bonds is 8. The van der Waals surface area contributed by atoms with Crippen molar-refractivity contribution in [3.63, 3.8) is 0 Å². The minimum absolute atomic E-state index is 0.115. The molecule has 3 nitrogen and oxygen atoms in total. The van der Waals surface area contributed by atoms with Crippen LogP contribution in [0.15, 0.2) is 34.4 Å². The summed E-state index contributed by atoms with van der Waals surface area (Å²) in [6, 6.07) is 0. The van der Waals surface area contributed by atoms with Gasteiger partial charge in [-0.25, -0.2) is 0 Å². The van der Waals surface area contributed by atoms with Gasteiger partial charge in [-0.2, -0.15) is 0 Å². The van der Waals surface area contributed by atoms with Crippen molar-refractivity contribution in [3.05, 3.63) is 34.4 Å². The Morgan fingerprint density at radius 2 is 1.50 bits per heavy atom. The highest BCUT2D eigenvalue weighted by atomic mass is 16.2. The smallest absolute Gasteiger partial charge is 0.256 e. The number of amides is 2. The first-order valence-corrected chi connectivity index (χ1v) is 8.17. The largest absolute Gasteiger partial charge is 0.275 e. The lowest BCUT2D eigenvalue weighted by atomic mass is 10.1. The molecule has 0 saturated heterocycles. The van der Waals surface area contributed by atoms with Gasteiger partial charge in [-0.15, -0.1) is 0 Å². The van der Waals surface area contributed by atoms with Crippen molar-refractivity contribution < 1.29 is 9.59 Å². The van der Waals surface area contributed by atoms with E-state index in [-0.39, 0.29) is 11.8 Å². The quantitative estimate of drug-likeness (QED) is 0.374. The van der Waals surface area contributed by atoms with Crippen molar-refractivity contribution in [1.82, 2.24) is 4.90 Å². The number of unbranched alkanes of at least 4 members (excludes halogenated alkanes) is 2. The Balaban J connectivity index is 2.25. The van der Waals surface area contributed by atoms with Crippen LogP contribution in [0.25, 0.3) is 0 Å². The first kappa shape index (κ1) is 18.4. The maximum Gasteiger partial charge on any atom is 0.256 e. The number of carbonyl (C=O) groups excluding carboxylic acids is 2. The highest BCUT2D eigenvalue weighted by molar-refractivity contribution is 6.18. The lowest BCUT2D eigenvalue weighted by Gasteiger charge is -2.14. The summed E-state index contributed by atoms with van der Waals surface area (Å²) in [5, 5.41) is 0. The van der Waals surface area contributed by atoms with Gasteiger partial charge in [0, 0.05) is 17.7 Å². The van der Waals surface area contributed by atoms with Crippen LogP contribution in [0.1, 0.15) is 66.7 Å². The van der Waals surface area contributed by atoms with Crippen LogP contribution in [-0.2, 0) is 9.59 Å². The molecule has 0 aliphatic carbocycles. The second kappa shape index (κ2) is 8.72. The Morgan fingerprint density at radius 1 is 0.909 bits per heavy atom. The van der Waals surface area contributed by atoms with Gasteiger partial charge in [0.1, 0.15) is 0 Å². The van der Waals surface area contributed by atoms with Gasteiger partial charge in [0.25, 0.3) is 11.8 Å². The standard InChI is InChI=1S/C19H29NO2/c1-14(2)10-9-12-15(3)11-7-6-8-13-20-18(21)16(4)17(5)19(20)22/h10-11H,6-9,12-13H2,1-5H3/b15-11-. The molecule has 0 unspecified atom stereocenters. The molecule has 22 heavy (non-hydrogen) atoms. The van der Waals surface area contributed by atoms with Gasteiger partial charge in [0.05, 0.1) is 0 Å². The van der Waals surface area contributed by atoms with Gasteiger partial charge in [-0.1, -0.05) is 23.3 Å². The highest BCUT2D eigenvalue weighted by Crippen LogP contribution is 2.20. The molecule has 0 aromatic carbocycles. The Labute approximate surface area is 134 Å². The summed E-state index contributed by atoms with van der Waals surface area (Å²) in [7, 11) is 0. The summed E-state index contributed by atoms with van der Waals surface area (Å²) in [6.07, 6.45) is 9.65. The topological polar surface area (TPSA) is 37.4 Å². The fourth-order valence-corrected chi connectivity index (χ4v) is 2.47. The van der Waals surface area contributed by atoms with Gasteiger partial charge in [0.2, 0.25) is 0 Å². The Kier molecular flexibility index (Phi) is 7.30. The van der Waals surface area contributed by atoms with Crippen LogP contribution in [0, 0.1) is 0 Å². The van der Waals surface area contributed by atoms with Crippen molar-refractivity contribution in [2.45, 2.75) is 66.7 Å². The third-order valence-corrected chi connectivity index (χ3v) is 4.11. The maximum atomic E-state index is 11.9. The summed E-state index contributed by atoms with van der Waals surface area (Å²) in [5.41, 5.74) is 3.98. The van der Waals surface area contributed by atoms with Crippen LogP contribution in [0.5, 0.6) is 0 Å². The molecule has 0 fully saturated rings. The first-order valence-electron chi connectivity index (χ1n) is 8.17. The van der Waals surface area contributed by atoms with Crippen molar-refractivity contribution in [2.24, 2.45) is 0 Å². The van der Waals surface area contributed by atoms with E-state index in [1.807, 2.05) is 0 Å². The molecule has 0 saturated carbocycles. The van der Waals surface area contributed by atoms with Crippen LogP contribution < -0.4 is 0 Å². The van der Waals surface area contributed by atoms with Crippen LogP contribution in [0.4, 0.5) is 0 Å². The number of hydrogen-bond acceptors (Lipinski definition) is 2. The zero-order valence-electron chi connectivity index (χ0n) is 14.7. The van der Waals surface area contributed by atoms with E-state index >= 15 is 0 Å². The van der Waals surface area contributed by atoms with Crippen molar-refractivity contribution in [2.75, 3.05) is 6.54 Å². The Morgan fingerprint density at radius 3 is 2.05 bits per heavy atom. The van der Waals surface area contributed by atoms with Gasteiger partial charge in [-0.05, 0) is 66.7 Å². The molecule has 1 aliphatic rings. The van der Waals surface area contributed by atoms with E-state index in [2.05, 4.69) is 32.9 Å². The number of carbonyl (C=O) groups is 2. The number of imide groups is 1. The fourth-order valence-electron chi connectivity index (χ4n) is 2.47. The van der Waals surface area contributed by atoms with E-state index in [1.54, 1.807) is 13.8 Å². The molecule has 3 heteroatoms. The number of nitrogens with zero attached hydrogens (tertiary/aromatic N) is 1. The molecule has 1 rings (SSSR count). The monoisotopic (exact) mass is 303 g/mol. The molecule has 2 amide bonds. The minimum Gasteiger partial charge on any atom is -0.275 e. The SMILES string of the molecule is CC(C)=CCC/C(C)=C\CCCCN1C(=O)C(C)=C(C)C1=O. The molecule has 1 aliphatic heterocycles. The molecule has 0 radical (unpaired) electrons. The van der Waals surface area contributed by atoms with Crippen LogP contribution in [0.3, 0.4) is 0 Å². The predicted molar refractivity (Wildman–Crippen MR) is 91.4 cm³/mol. The highest BCUT2D eigenvalue weighted by Gasteiger charge is 2.32. The zero-order valence-corrected chi connectivity index (χ0v) is 14.7. The summed E-state index contributed by atoms with van der Waals surface area (Å²) in [4.78, 5) is 25.2. The van der Waals surface area contributed by atoms with E-state index in [1.165, 1.54) is 16.0 Å². The average molecular weight is 303 g/mol. The third-order valence-electron chi connectivity index (χ3n) is 4.11. The minimum atomic E-state index is -0.115. The molecule has 0 bridgehead atoms. The Bertz CT molecular complexity index is 496. The van der Waals surface area contributed by atoms with Crippen molar-refractivity contribution in [1.29, 1.82) is 0 Å². The molecule has 122 valence electrons. The van der Waals surface area contributed by atoms with E-state index in [9.17, 15) is 9.59 Å². The van der Waals surface area contributed by atoms with E-state index in [4.69, 9.17) is 0 Å². The second-order valence-electron chi connectivity index (χ2n) is 6.38. The average Bonchev–Trinajstić information content (AvgIpc) is 2.63. The molecule has 0 N–H and O–H groups in total. The fraction of sp³-hybridized carbons (Fsp3) is 0.579. The van der Waals surface area contributed by atoms with E-state index in [0.717, 1.165) is 32.1 Å². The lowest BCUT2D eigenvalue weighted by molar-refractivity contribution is -0.137. The summed E-state index contributed by atoms with van der Waals surface area (Å²) in [5.74, 6) is -0.230. The van der Waals surface area contributed by atoms with Crippen molar-refractivity contribution in [3.8, 4) is 0 Å². The summed E-state index contributed by atoms with van der Waals surface area (Å²) >= 11 is 0. The van der Waals surface area contributed by atoms with Gasteiger partial charge in [-0.3, -0.25) is 14.5 Å². The molecule has 1 heterocycles. The molecule has 0 aromatic heterocycles. The molecule has 0 aromatic rings. The number of hydrogen-bond donors (Lipinski definition) is 0. The first-order chi connectivity index (χ1) is 10.3. The van der Waals surface area contributed by atoms with Gasteiger partial charge >= 0.3 is 0 Å².